The summed E-state index contributed by atoms with van der Waals surface area (Å²) in [4.78, 5) is 4.54. The summed E-state index contributed by atoms with van der Waals surface area (Å²) in [7, 11) is 0. The van der Waals surface area contributed by atoms with Gasteiger partial charge in [0.25, 0.3) is 0 Å². The first-order chi connectivity index (χ1) is 10.3. The molecule has 0 aliphatic carbocycles. The van der Waals surface area contributed by atoms with E-state index < -0.39 is 0 Å². The average Bonchev–Trinajstić information content (AvgIpc) is 2.56. The van der Waals surface area contributed by atoms with Crippen molar-refractivity contribution in [3.05, 3.63) is 77.5 Å². The van der Waals surface area contributed by atoms with Crippen LogP contribution in [0, 0.1) is 0 Å². The second-order valence-electron chi connectivity index (χ2n) is 5.07. The Labute approximate surface area is 124 Å². The van der Waals surface area contributed by atoms with Gasteiger partial charge in [-0.3, -0.25) is 10.8 Å². The van der Waals surface area contributed by atoms with Gasteiger partial charge in [-0.15, -0.1) is 0 Å². The second kappa shape index (κ2) is 6.04. The number of benzene rings is 2. The van der Waals surface area contributed by atoms with Gasteiger partial charge in [0.05, 0.1) is 11.6 Å². The van der Waals surface area contributed by atoms with Crippen LogP contribution in [-0.4, -0.2) is 4.98 Å². The van der Waals surface area contributed by atoms with E-state index in [1.54, 1.807) is 0 Å². The van der Waals surface area contributed by atoms with Crippen LogP contribution in [0.5, 0.6) is 0 Å². The predicted octanol–water partition coefficient (Wildman–Crippen LogP) is 3.35. The molecule has 0 fully saturated rings. The number of nitrogens with zero attached hydrogens (tertiary/aromatic N) is 1. The number of hydrogen-bond donors (Lipinski definition) is 2. The molecule has 0 spiro atoms. The van der Waals surface area contributed by atoms with Crippen LogP contribution >= 0.6 is 0 Å². The predicted molar refractivity (Wildman–Crippen MR) is 86.7 cm³/mol. The molecular formula is C18H19N3. The van der Waals surface area contributed by atoms with Crippen molar-refractivity contribution in [1.29, 1.82) is 0 Å². The molecule has 1 atom stereocenters. The van der Waals surface area contributed by atoms with Crippen molar-refractivity contribution in [2.45, 2.75) is 19.4 Å². The zero-order valence-electron chi connectivity index (χ0n) is 12.1. The fourth-order valence-corrected chi connectivity index (χ4v) is 2.85. The van der Waals surface area contributed by atoms with Crippen molar-refractivity contribution >= 4 is 10.9 Å². The number of aryl methyl sites for hydroxylation is 1. The molecule has 0 radical (unpaired) electrons. The molecule has 3 heteroatoms. The minimum Gasteiger partial charge on any atom is -0.271 e. The highest BCUT2D eigenvalue weighted by molar-refractivity contribution is 5.82. The van der Waals surface area contributed by atoms with Crippen LogP contribution in [0.15, 0.2) is 60.8 Å². The zero-order chi connectivity index (χ0) is 14.7. The normalized spacial score (nSPS) is 12.5. The van der Waals surface area contributed by atoms with Gasteiger partial charge in [0, 0.05) is 17.1 Å². The van der Waals surface area contributed by atoms with Crippen LogP contribution in [0.2, 0.25) is 0 Å². The van der Waals surface area contributed by atoms with E-state index in [1.165, 1.54) is 11.1 Å². The summed E-state index contributed by atoms with van der Waals surface area (Å²) in [5.74, 6) is 5.87. The van der Waals surface area contributed by atoms with Gasteiger partial charge in [-0.1, -0.05) is 55.5 Å². The van der Waals surface area contributed by atoms with Gasteiger partial charge in [0.15, 0.2) is 0 Å². The maximum atomic E-state index is 5.87. The zero-order valence-corrected chi connectivity index (χ0v) is 12.1. The van der Waals surface area contributed by atoms with Gasteiger partial charge in [-0.05, 0) is 23.6 Å². The van der Waals surface area contributed by atoms with Crippen molar-refractivity contribution in [2.75, 3.05) is 0 Å². The van der Waals surface area contributed by atoms with Crippen LogP contribution in [-0.2, 0) is 6.42 Å². The molecule has 0 bridgehead atoms. The van der Waals surface area contributed by atoms with Crippen LogP contribution in [0.25, 0.3) is 10.9 Å². The highest BCUT2D eigenvalue weighted by Gasteiger charge is 2.17. The lowest BCUT2D eigenvalue weighted by Crippen LogP contribution is -2.29. The molecule has 0 aliphatic rings. The maximum absolute atomic E-state index is 5.87. The molecule has 1 unspecified atom stereocenters. The largest absolute Gasteiger partial charge is 0.271 e. The Balaban J connectivity index is 2.19. The van der Waals surface area contributed by atoms with Crippen LogP contribution in [0.3, 0.4) is 0 Å². The first-order valence-electron chi connectivity index (χ1n) is 7.22. The molecule has 0 aliphatic heterocycles. The number of hydrazine groups is 1. The van der Waals surface area contributed by atoms with E-state index >= 15 is 0 Å². The van der Waals surface area contributed by atoms with Gasteiger partial charge in [0.2, 0.25) is 0 Å². The third-order valence-electron chi connectivity index (χ3n) is 3.89. The molecular weight excluding hydrogens is 258 g/mol. The molecule has 3 aromatic rings. The standard InChI is InChI=1S/C18H19N3/c1-2-13-7-3-4-10-15(13)18(21-19)16-11-5-8-14-9-6-12-20-17(14)16/h3-12,18,21H,2,19H2,1H3. The number of pyridine rings is 1. The highest BCUT2D eigenvalue weighted by atomic mass is 15.2. The number of fused-ring (bicyclic) bond motifs is 1. The quantitative estimate of drug-likeness (QED) is 0.568. The van der Waals surface area contributed by atoms with Gasteiger partial charge in [-0.25, -0.2) is 5.43 Å². The number of nitrogens with one attached hydrogen (secondary N) is 1. The molecule has 2 aromatic carbocycles. The second-order valence-corrected chi connectivity index (χ2v) is 5.07. The smallest absolute Gasteiger partial charge is 0.0753 e. The fraction of sp³-hybridized carbons (Fsp3) is 0.167. The molecule has 0 saturated carbocycles. The maximum Gasteiger partial charge on any atom is 0.0753 e. The summed E-state index contributed by atoms with van der Waals surface area (Å²) >= 11 is 0. The van der Waals surface area contributed by atoms with E-state index in [0.29, 0.717) is 0 Å². The lowest BCUT2D eigenvalue weighted by atomic mass is 9.92. The van der Waals surface area contributed by atoms with E-state index in [2.05, 4.69) is 65.9 Å². The van der Waals surface area contributed by atoms with Crippen molar-refractivity contribution in [2.24, 2.45) is 5.84 Å². The van der Waals surface area contributed by atoms with Crippen LogP contribution in [0.1, 0.15) is 29.7 Å². The Morgan fingerprint density at radius 1 is 1.00 bits per heavy atom. The monoisotopic (exact) mass is 277 g/mol. The summed E-state index contributed by atoms with van der Waals surface area (Å²) in [6.45, 7) is 2.16. The Kier molecular flexibility index (Phi) is 3.95. The van der Waals surface area contributed by atoms with Crippen molar-refractivity contribution < 1.29 is 0 Å². The molecule has 3 nitrogen and oxygen atoms in total. The van der Waals surface area contributed by atoms with E-state index in [-0.39, 0.29) is 6.04 Å². The fourth-order valence-electron chi connectivity index (χ4n) is 2.85. The average molecular weight is 277 g/mol. The Bertz CT molecular complexity index is 747. The minimum atomic E-state index is -0.0558. The third kappa shape index (κ3) is 2.53. The summed E-state index contributed by atoms with van der Waals surface area (Å²) in [5.41, 5.74) is 7.57. The van der Waals surface area contributed by atoms with E-state index in [0.717, 1.165) is 22.9 Å². The number of hydrogen-bond acceptors (Lipinski definition) is 3. The Morgan fingerprint density at radius 3 is 2.57 bits per heavy atom. The lowest BCUT2D eigenvalue weighted by molar-refractivity contribution is 0.634. The number of aromatic nitrogens is 1. The topological polar surface area (TPSA) is 50.9 Å². The van der Waals surface area contributed by atoms with E-state index in [4.69, 9.17) is 5.84 Å². The lowest BCUT2D eigenvalue weighted by Gasteiger charge is -2.21. The first kappa shape index (κ1) is 13.7. The first-order valence-corrected chi connectivity index (χ1v) is 7.22. The number of nitrogens with two attached hydrogens (primary N) is 1. The van der Waals surface area contributed by atoms with Gasteiger partial charge in [-0.2, -0.15) is 0 Å². The number of para-hydroxylation sites is 1. The molecule has 1 heterocycles. The summed E-state index contributed by atoms with van der Waals surface area (Å²) in [6.07, 6.45) is 2.80. The van der Waals surface area contributed by atoms with Crippen LogP contribution < -0.4 is 11.3 Å². The molecule has 3 N–H and O–H groups in total. The third-order valence-corrected chi connectivity index (χ3v) is 3.89. The highest BCUT2D eigenvalue weighted by Crippen LogP contribution is 2.29. The van der Waals surface area contributed by atoms with Crippen molar-refractivity contribution in [3.8, 4) is 0 Å². The molecule has 0 amide bonds. The Morgan fingerprint density at radius 2 is 1.76 bits per heavy atom. The summed E-state index contributed by atoms with van der Waals surface area (Å²) in [5, 5.41) is 1.13. The summed E-state index contributed by atoms with van der Waals surface area (Å²) < 4.78 is 0. The van der Waals surface area contributed by atoms with Gasteiger partial charge >= 0.3 is 0 Å². The minimum absolute atomic E-state index is 0.0558. The molecule has 106 valence electrons. The van der Waals surface area contributed by atoms with E-state index in [9.17, 15) is 0 Å². The molecule has 1 aromatic heterocycles. The summed E-state index contributed by atoms with van der Waals surface area (Å²) in [6, 6.07) is 18.6. The molecule has 21 heavy (non-hydrogen) atoms. The molecule has 3 rings (SSSR count). The van der Waals surface area contributed by atoms with Crippen LogP contribution in [0.4, 0.5) is 0 Å². The van der Waals surface area contributed by atoms with Gasteiger partial charge < -0.3 is 0 Å². The van der Waals surface area contributed by atoms with E-state index in [1.807, 2.05) is 12.3 Å². The van der Waals surface area contributed by atoms with Gasteiger partial charge in [0.1, 0.15) is 0 Å². The van der Waals surface area contributed by atoms with Crippen molar-refractivity contribution in [1.82, 2.24) is 10.4 Å². The Hall–Kier alpha value is -2.23. The van der Waals surface area contributed by atoms with Crippen molar-refractivity contribution in [3.63, 3.8) is 0 Å². The molecule has 0 saturated heterocycles. The SMILES string of the molecule is CCc1ccccc1C(NN)c1cccc2cccnc12. The number of rotatable bonds is 4.